The number of halogens is 2. The van der Waals surface area contributed by atoms with Crippen LogP contribution < -0.4 is 5.32 Å². The molecular formula is C15H23BrFN. The molecule has 0 fully saturated rings. The second-order valence-corrected chi connectivity index (χ2v) is 6.93. The van der Waals surface area contributed by atoms with E-state index in [0.717, 1.165) is 29.4 Å². The SMILES string of the molecule is CC(CCc1ccc(Br)cc1F)CNC(C)(C)C. The summed E-state index contributed by atoms with van der Waals surface area (Å²) in [6.45, 7) is 9.66. The van der Waals surface area contributed by atoms with Crippen molar-refractivity contribution in [2.75, 3.05) is 6.54 Å². The van der Waals surface area contributed by atoms with Crippen molar-refractivity contribution in [1.29, 1.82) is 0 Å². The second-order valence-electron chi connectivity index (χ2n) is 6.01. The van der Waals surface area contributed by atoms with Gasteiger partial charge in [-0.15, -0.1) is 0 Å². The molecule has 1 nitrogen and oxygen atoms in total. The van der Waals surface area contributed by atoms with E-state index in [9.17, 15) is 4.39 Å². The zero-order valence-electron chi connectivity index (χ0n) is 11.7. The fraction of sp³-hybridized carbons (Fsp3) is 0.600. The van der Waals surface area contributed by atoms with Gasteiger partial charge in [0.15, 0.2) is 0 Å². The molecule has 1 aromatic rings. The standard InChI is InChI=1S/C15H23BrFN/c1-11(10-18-15(2,3)4)5-6-12-7-8-13(16)9-14(12)17/h7-9,11,18H,5-6,10H2,1-4H3. The Labute approximate surface area is 118 Å². The molecule has 1 rings (SSSR count). The molecule has 1 N–H and O–H groups in total. The van der Waals surface area contributed by atoms with Gasteiger partial charge in [0.1, 0.15) is 5.82 Å². The van der Waals surface area contributed by atoms with E-state index in [1.165, 1.54) is 6.07 Å². The van der Waals surface area contributed by atoms with Crippen LogP contribution in [-0.2, 0) is 6.42 Å². The van der Waals surface area contributed by atoms with E-state index in [1.807, 2.05) is 12.1 Å². The van der Waals surface area contributed by atoms with Gasteiger partial charge in [0.2, 0.25) is 0 Å². The van der Waals surface area contributed by atoms with E-state index < -0.39 is 0 Å². The molecule has 102 valence electrons. The van der Waals surface area contributed by atoms with Crippen molar-refractivity contribution in [2.45, 2.75) is 46.1 Å². The van der Waals surface area contributed by atoms with E-state index in [4.69, 9.17) is 0 Å². The van der Waals surface area contributed by atoms with Crippen LogP contribution in [-0.4, -0.2) is 12.1 Å². The van der Waals surface area contributed by atoms with E-state index in [-0.39, 0.29) is 11.4 Å². The first-order valence-electron chi connectivity index (χ1n) is 6.47. The van der Waals surface area contributed by atoms with Crippen molar-refractivity contribution in [2.24, 2.45) is 5.92 Å². The minimum Gasteiger partial charge on any atom is -0.312 e. The third kappa shape index (κ3) is 5.96. The number of rotatable bonds is 5. The summed E-state index contributed by atoms with van der Waals surface area (Å²) in [6, 6.07) is 5.30. The number of nitrogens with one attached hydrogen (secondary N) is 1. The lowest BCUT2D eigenvalue weighted by atomic mass is 9.99. The summed E-state index contributed by atoms with van der Waals surface area (Å²) < 4.78 is 14.4. The summed E-state index contributed by atoms with van der Waals surface area (Å²) in [4.78, 5) is 0. The maximum atomic E-state index is 13.6. The van der Waals surface area contributed by atoms with E-state index in [0.29, 0.717) is 5.92 Å². The predicted octanol–water partition coefficient (Wildman–Crippen LogP) is 4.55. The van der Waals surface area contributed by atoms with Gasteiger partial charge in [-0.3, -0.25) is 0 Å². The molecule has 1 unspecified atom stereocenters. The monoisotopic (exact) mass is 315 g/mol. The van der Waals surface area contributed by atoms with Crippen LogP contribution in [0.5, 0.6) is 0 Å². The number of hydrogen-bond acceptors (Lipinski definition) is 1. The molecule has 0 aliphatic carbocycles. The van der Waals surface area contributed by atoms with Crippen LogP contribution in [0.2, 0.25) is 0 Å². The van der Waals surface area contributed by atoms with Gasteiger partial charge in [-0.2, -0.15) is 0 Å². The maximum absolute atomic E-state index is 13.6. The Hall–Kier alpha value is -0.410. The largest absolute Gasteiger partial charge is 0.312 e. The third-order valence-corrected chi connectivity index (χ3v) is 3.40. The van der Waals surface area contributed by atoms with Crippen molar-refractivity contribution in [3.63, 3.8) is 0 Å². The molecular weight excluding hydrogens is 293 g/mol. The smallest absolute Gasteiger partial charge is 0.127 e. The Morgan fingerprint density at radius 2 is 2.00 bits per heavy atom. The normalized spacial score (nSPS) is 13.7. The highest BCUT2D eigenvalue weighted by molar-refractivity contribution is 9.10. The van der Waals surface area contributed by atoms with Gasteiger partial charge in [-0.05, 0) is 63.8 Å². The van der Waals surface area contributed by atoms with Crippen molar-refractivity contribution < 1.29 is 4.39 Å². The zero-order valence-corrected chi connectivity index (χ0v) is 13.3. The van der Waals surface area contributed by atoms with Gasteiger partial charge in [0.05, 0.1) is 0 Å². The lowest BCUT2D eigenvalue weighted by molar-refractivity contribution is 0.372. The Morgan fingerprint density at radius 3 is 2.56 bits per heavy atom. The first kappa shape index (κ1) is 15.6. The summed E-state index contributed by atoms with van der Waals surface area (Å²) in [5.41, 5.74) is 0.956. The molecule has 3 heteroatoms. The van der Waals surface area contributed by atoms with Crippen molar-refractivity contribution in [3.8, 4) is 0 Å². The lowest BCUT2D eigenvalue weighted by Crippen LogP contribution is -2.38. The average molecular weight is 316 g/mol. The van der Waals surface area contributed by atoms with Gasteiger partial charge < -0.3 is 5.32 Å². The Bertz CT molecular complexity index is 385. The van der Waals surface area contributed by atoms with Gasteiger partial charge in [0, 0.05) is 10.0 Å². The molecule has 0 aromatic heterocycles. The van der Waals surface area contributed by atoms with E-state index in [1.54, 1.807) is 0 Å². The maximum Gasteiger partial charge on any atom is 0.127 e. The average Bonchev–Trinajstić information content (AvgIpc) is 2.24. The van der Waals surface area contributed by atoms with Crippen LogP contribution in [0.4, 0.5) is 4.39 Å². The fourth-order valence-corrected chi connectivity index (χ4v) is 2.04. The number of aryl methyl sites for hydroxylation is 1. The van der Waals surface area contributed by atoms with Gasteiger partial charge >= 0.3 is 0 Å². The minimum absolute atomic E-state index is 0.111. The molecule has 18 heavy (non-hydrogen) atoms. The highest BCUT2D eigenvalue weighted by atomic mass is 79.9. The van der Waals surface area contributed by atoms with Gasteiger partial charge in [-0.25, -0.2) is 4.39 Å². The first-order valence-corrected chi connectivity index (χ1v) is 7.26. The van der Waals surface area contributed by atoms with Crippen LogP contribution >= 0.6 is 15.9 Å². The molecule has 0 saturated heterocycles. The molecule has 0 aliphatic rings. The topological polar surface area (TPSA) is 12.0 Å². The molecule has 0 heterocycles. The van der Waals surface area contributed by atoms with Gasteiger partial charge in [-0.1, -0.05) is 28.9 Å². The highest BCUT2D eigenvalue weighted by Crippen LogP contribution is 2.18. The molecule has 1 aromatic carbocycles. The molecule has 0 bridgehead atoms. The third-order valence-electron chi connectivity index (χ3n) is 2.90. The summed E-state index contributed by atoms with van der Waals surface area (Å²) in [6.07, 6.45) is 1.80. The predicted molar refractivity (Wildman–Crippen MR) is 79.3 cm³/mol. The van der Waals surface area contributed by atoms with Crippen LogP contribution in [0.3, 0.4) is 0 Å². The molecule has 0 saturated carbocycles. The van der Waals surface area contributed by atoms with Crippen LogP contribution in [0.1, 0.15) is 39.7 Å². The Morgan fingerprint density at radius 1 is 1.33 bits per heavy atom. The first-order chi connectivity index (χ1) is 8.28. The molecule has 0 aliphatic heterocycles. The van der Waals surface area contributed by atoms with Crippen LogP contribution in [0, 0.1) is 11.7 Å². The molecule has 0 amide bonds. The summed E-state index contributed by atoms with van der Waals surface area (Å²) in [5, 5.41) is 3.48. The quantitative estimate of drug-likeness (QED) is 0.840. The Balaban J connectivity index is 2.40. The molecule has 0 radical (unpaired) electrons. The summed E-state index contributed by atoms with van der Waals surface area (Å²) in [7, 11) is 0. The summed E-state index contributed by atoms with van der Waals surface area (Å²) >= 11 is 3.27. The fourth-order valence-electron chi connectivity index (χ4n) is 1.71. The second kappa shape index (κ2) is 6.67. The zero-order chi connectivity index (χ0) is 13.8. The van der Waals surface area contributed by atoms with Gasteiger partial charge in [0.25, 0.3) is 0 Å². The van der Waals surface area contributed by atoms with Crippen molar-refractivity contribution >= 4 is 15.9 Å². The lowest BCUT2D eigenvalue weighted by Gasteiger charge is -2.23. The minimum atomic E-state index is -0.111. The number of hydrogen-bond donors (Lipinski definition) is 1. The summed E-state index contributed by atoms with van der Waals surface area (Å²) in [5.74, 6) is 0.438. The van der Waals surface area contributed by atoms with E-state index >= 15 is 0 Å². The van der Waals surface area contributed by atoms with E-state index in [2.05, 4.69) is 48.9 Å². The van der Waals surface area contributed by atoms with Crippen molar-refractivity contribution in [3.05, 3.63) is 34.1 Å². The van der Waals surface area contributed by atoms with Crippen LogP contribution in [0.25, 0.3) is 0 Å². The highest BCUT2D eigenvalue weighted by Gasteiger charge is 2.12. The Kier molecular flexibility index (Phi) is 5.80. The molecule has 0 spiro atoms. The molecule has 1 atom stereocenters. The number of benzene rings is 1. The van der Waals surface area contributed by atoms with Crippen LogP contribution in [0.15, 0.2) is 22.7 Å². The van der Waals surface area contributed by atoms with Crippen molar-refractivity contribution in [1.82, 2.24) is 5.32 Å².